The van der Waals surface area contributed by atoms with Crippen molar-refractivity contribution in [1.29, 1.82) is 0 Å². The van der Waals surface area contributed by atoms with Gasteiger partial charge in [-0.25, -0.2) is 0 Å². The highest BCUT2D eigenvalue weighted by Gasteiger charge is 2.18. The summed E-state index contributed by atoms with van der Waals surface area (Å²) < 4.78 is 10.4. The average Bonchev–Trinajstić information content (AvgIpc) is 2.37. The molecule has 0 aliphatic carbocycles. The van der Waals surface area contributed by atoms with Crippen LogP contribution in [0.15, 0.2) is 18.2 Å². The van der Waals surface area contributed by atoms with E-state index in [0.717, 1.165) is 5.56 Å². The van der Waals surface area contributed by atoms with Crippen LogP contribution in [0.2, 0.25) is 0 Å². The molecule has 0 bridgehead atoms. The molecule has 0 radical (unpaired) electrons. The lowest BCUT2D eigenvalue weighted by Gasteiger charge is -2.22. The molecule has 1 aromatic carbocycles. The van der Waals surface area contributed by atoms with E-state index in [4.69, 9.17) is 14.6 Å². The van der Waals surface area contributed by atoms with Gasteiger partial charge < -0.3 is 14.6 Å². The number of carbonyl (C=O) groups is 1. The third-order valence-electron chi connectivity index (χ3n) is 2.93. The first-order chi connectivity index (χ1) is 8.49. The Morgan fingerprint density at radius 2 is 2.06 bits per heavy atom. The van der Waals surface area contributed by atoms with Crippen molar-refractivity contribution in [2.24, 2.45) is 0 Å². The van der Waals surface area contributed by atoms with Crippen molar-refractivity contribution in [3.05, 3.63) is 23.8 Å². The molecule has 0 aliphatic rings. The van der Waals surface area contributed by atoms with Crippen LogP contribution < -0.4 is 9.47 Å². The van der Waals surface area contributed by atoms with Crippen molar-refractivity contribution in [3.8, 4) is 11.5 Å². The van der Waals surface area contributed by atoms with Crippen LogP contribution in [-0.4, -0.2) is 43.3 Å². The zero-order valence-electron chi connectivity index (χ0n) is 11.1. The summed E-state index contributed by atoms with van der Waals surface area (Å²) in [5, 5.41) is 8.95. The van der Waals surface area contributed by atoms with Crippen molar-refractivity contribution >= 4 is 5.97 Å². The minimum Gasteiger partial charge on any atom is -0.497 e. The van der Waals surface area contributed by atoms with Gasteiger partial charge in [0.05, 0.1) is 14.2 Å². The summed E-state index contributed by atoms with van der Waals surface area (Å²) in [5.74, 6) is 0.563. The molecule has 1 aromatic rings. The monoisotopic (exact) mass is 253 g/mol. The van der Waals surface area contributed by atoms with Gasteiger partial charge in [0.2, 0.25) is 0 Å². The van der Waals surface area contributed by atoms with E-state index < -0.39 is 12.0 Å². The number of likely N-dealkylation sites (N-methyl/N-ethyl adjacent to an activating group) is 1. The predicted octanol–water partition coefficient (Wildman–Crippen LogP) is 1.61. The number of hydrogen-bond acceptors (Lipinski definition) is 4. The number of ether oxygens (including phenoxy) is 2. The summed E-state index contributed by atoms with van der Waals surface area (Å²) in [6.45, 7) is 2.15. The second kappa shape index (κ2) is 6.26. The maximum Gasteiger partial charge on any atom is 0.320 e. The van der Waals surface area contributed by atoms with Gasteiger partial charge in [0.25, 0.3) is 0 Å². The summed E-state index contributed by atoms with van der Waals surface area (Å²) >= 11 is 0. The highest BCUT2D eigenvalue weighted by molar-refractivity contribution is 5.72. The van der Waals surface area contributed by atoms with E-state index >= 15 is 0 Å². The van der Waals surface area contributed by atoms with Gasteiger partial charge >= 0.3 is 5.97 Å². The first-order valence-electron chi connectivity index (χ1n) is 5.63. The van der Waals surface area contributed by atoms with E-state index in [1.54, 1.807) is 39.2 Å². The number of hydrogen-bond donors (Lipinski definition) is 1. The summed E-state index contributed by atoms with van der Waals surface area (Å²) in [6, 6.07) is 4.95. The maximum atomic E-state index is 10.9. The molecular weight excluding hydrogens is 234 g/mol. The molecule has 1 unspecified atom stereocenters. The summed E-state index contributed by atoms with van der Waals surface area (Å²) in [7, 11) is 4.94. The fourth-order valence-corrected chi connectivity index (χ4v) is 1.58. The third-order valence-corrected chi connectivity index (χ3v) is 2.93. The van der Waals surface area contributed by atoms with Gasteiger partial charge in [-0.05, 0) is 20.0 Å². The second-order valence-electron chi connectivity index (χ2n) is 4.11. The molecule has 0 fully saturated rings. The topological polar surface area (TPSA) is 59.0 Å². The molecule has 0 spiro atoms. The molecular formula is C13H19NO4. The molecule has 0 aromatic heterocycles. The minimum atomic E-state index is -0.843. The Balaban J connectivity index is 2.87. The number of carboxylic acid groups (broad SMARTS) is 1. The lowest BCUT2D eigenvalue weighted by molar-refractivity contribution is -0.142. The molecule has 0 heterocycles. The minimum absolute atomic E-state index is 0.501. The Morgan fingerprint density at radius 3 is 2.56 bits per heavy atom. The van der Waals surface area contributed by atoms with Gasteiger partial charge in [-0.15, -0.1) is 0 Å². The van der Waals surface area contributed by atoms with Crippen LogP contribution in [0.1, 0.15) is 12.5 Å². The Bertz CT molecular complexity index is 419. The Kier molecular flexibility index (Phi) is 4.97. The molecule has 1 N–H and O–H groups in total. The molecule has 1 atom stereocenters. The fourth-order valence-electron chi connectivity index (χ4n) is 1.58. The summed E-state index contributed by atoms with van der Waals surface area (Å²) in [4.78, 5) is 12.6. The van der Waals surface area contributed by atoms with E-state index in [1.807, 2.05) is 12.1 Å². The third kappa shape index (κ3) is 3.37. The standard InChI is InChI=1S/C13H19NO4/c1-9(13(15)16)14(2)8-10-5-6-11(17-3)7-12(10)18-4/h5-7,9H,8H2,1-4H3,(H,15,16). The highest BCUT2D eigenvalue weighted by Crippen LogP contribution is 2.25. The van der Waals surface area contributed by atoms with Crippen LogP contribution in [0, 0.1) is 0 Å². The van der Waals surface area contributed by atoms with E-state index in [9.17, 15) is 4.79 Å². The summed E-state index contributed by atoms with van der Waals surface area (Å²) in [6.07, 6.45) is 0. The molecule has 5 nitrogen and oxygen atoms in total. The number of benzene rings is 1. The lowest BCUT2D eigenvalue weighted by Crippen LogP contribution is -2.35. The fraction of sp³-hybridized carbons (Fsp3) is 0.462. The van der Waals surface area contributed by atoms with E-state index in [1.165, 1.54) is 0 Å². The normalized spacial score (nSPS) is 12.3. The van der Waals surface area contributed by atoms with Gasteiger partial charge in [-0.3, -0.25) is 9.69 Å². The number of carboxylic acids is 1. The quantitative estimate of drug-likeness (QED) is 0.834. The van der Waals surface area contributed by atoms with Crippen LogP contribution in [-0.2, 0) is 11.3 Å². The van der Waals surface area contributed by atoms with Crippen molar-refractivity contribution in [3.63, 3.8) is 0 Å². The van der Waals surface area contributed by atoms with Crippen LogP contribution >= 0.6 is 0 Å². The smallest absolute Gasteiger partial charge is 0.320 e. The van der Waals surface area contributed by atoms with Gasteiger partial charge in [0.15, 0.2) is 0 Å². The SMILES string of the molecule is COc1ccc(CN(C)C(C)C(=O)O)c(OC)c1. The Morgan fingerprint density at radius 1 is 1.39 bits per heavy atom. The molecule has 5 heteroatoms. The van der Waals surface area contributed by atoms with Gasteiger partial charge in [-0.1, -0.05) is 6.07 Å². The van der Waals surface area contributed by atoms with Gasteiger partial charge in [-0.2, -0.15) is 0 Å². The number of methoxy groups -OCH3 is 2. The van der Waals surface area contributed by atoms with Gasteiger partial charge in [0, 0.05) is 18.2 Å². The molecule has 0 saturated heterocycles. The molecule has 18 heavy (non-hydrogen) atoms. The van der Waals surface area contributed by atoms with Crippen LogP contribution in [0.3, 0.4) is 0 Å². The predicted molar refractivity (Wildman–Crippen MR) is 68.1 cm³/mol. The number of aliphatic carboxylic acids is 1. The summed E-state index contributed by atoms with van der Waals surface area (Å²) in [5.41, 5.74) is 0.925. The van der Waals surface area contributed by atoms with Crippen molar-refractivity contribution < 1.29 is 19.4 Å². The Labute approximate surface area is 107 Å². The largest absolute Gasteiger partial charge is 0.497 e. The molecule has 1 rings (SSSR count). The van der Waals surface area contributed by atoms with Crippen LogP contribution in [0.25, 0.3) is 0 Å². The molecule has 0 aliphatic heterocycles. The lowest BCUT2D eigenvalue weighted by atomic mass is 10.1. The van der Waals surface area contributed by atoms with Crippen LogP contribution in [0.5, 0.6) is 11.5 Å². The first kappa shape index (κ1) is 14.3. The van der Waals surface area contributed by atoms with Crippen molar-refractivity contribution in [2.75, 3.05) is 21.3 Å². The van der Waals surface area contributed by atoms with Crippen molar-refractivity contribution in [2.45, 2.75) is 19.5 Å². The molecule has 100 valence electrons. The molecule has 0 amide bonds. The van der Waals surface area contributed by atoms with Crippen molar-refractivity contribution in [1.82, 2.24) is 4.90 Å². The number of nitrogens with zero attached hydrogens (tertiary/aromatic N) is 1. The average molecular weight is 253 g/mol. The van der Waals surface area contributed by atoms with Crippen LogP contribution in [0.4, 0.5) is 0 Å². The van der Waals surface area contributed by atoms with Gasteiger partial charge in [0.1, 0.15) is 17.5 Å². The first-order valence-corrected chi connectivity index (χ1v) is 5.63. The molecule has 0 saturated carbocycles. The Hall–Kier alpha value is -1.75. The van der Waals surface area contributed by atoms with E-state index in [0.29, 0.717) is 18.0 Å². The zero-order valence-corrected chi connectivity index (χ0v) is 11.1. The number of rotatable bonds is 6. The zero-order chi connectivity index (χ0) is 13.7. The highest BCUT2D eigenvalue weighted by atomic mass is 16.5. The second-order valence-corrected chi connectivity index (χ2v) is 4.11. The van der Waals surface area contributed by atoms with E-state index in [-0.39, 0.29) is 0 Å². The van der Waals surface area contributed by atoms with E-state index in [2.05, 4.69) is 0 Å². The maximum absolute atomic E-state index is 10.9.